The van der Waals surface area contributed by atoms with E-state index in [9.17, 15) is 0 Å². The second kappa shape index (κ2) is 8.06. The lowest BCUT2D eigenvalue weighted by Gasteiger charge is -2.01. The van der Waals surface area contributed by atoms with Crippen LogP contribution >= 0.6 is 0 Å². The largest absolute Gasteiger partial charge is 0.330 e. The molecule has 0 aliphatic rings. The highest BCUT2D eigenvalue weighted by atomic mass is 14.5. The van der Waals surface area contributed by atoms with Gasteiger partial charge in [-0.3, -0.25) is 0 Å². The Labute approximate surface area is 82.7 Å². The molecular weight excluding hydrogens is 158 g/mol. The molecule has 76 valence electrons. The number of rotatable bonds is 6. The summed E-state index contributed by atoms with van der Waals surface area (Å²) in [4.78, 5) is 0. The third kappa shape index (κ3) is 7.79. The van der Waals surface area contributed by atoms with Crippen molar-refractivity contribution in [3.63, 3.8) is 0 Å². The van der Waals surface area contributed by atoms with Gasteiger partial charge < -0.3 is 5.73 Å². The SMILES string of the molecule is CC[C@H](C)C/C=C\C=C/[C@@H](C)CN. The van der Waals surface area contributed by atoms with Crippen molar-refractivity contribution in [2.75, 3.05) is 6.54 Å². The van der Waals surface area contributed by atoms with E-state index in [2.05, 4.69) is 45.1 Å². The molecule has 0 aromatic rings. The molecule has 13 heavy (non-hydrogen) atoms. The van der Waals surface area contributed by atoms with Crippen LogP contribution in [0.3, 0.4) is 0 Å². The van der Waals surface area contributed by atoms with E-state index in [1.807, 2.05) is 0 Å². The molecule has 0 saturated carbocycles. The summed E-state index contributed by atoms with van der Waals surface area (Å²) in [6.45, 7) is 7.36. The lowest BCUT2D eigenvalue weighted by atomic mass is 10.1. The maximum atomic E-state index is 5.48. The maximum absolute atomic E-state index is 5.48. The smallest absolute Gasteiger partial charge is 0.00167 e. The summed E-state index contributed by atoms with van der Waals surface area (Å²) in [7, 11) is 0. The minimum absolute atomic E-state index is 0.494. The summed E-state index contributed by atoms with van der Waals surface area (Å²) >= 11 is 0. The molecule has 0 radical (unpaired) electrons. The van der Waals surface area contributed by atoms with E-state index in [0.717, 1.165) is 12.5 Å². The Bertz CT molecular complexity index is 159. The van der Waals surface area contributed by atoms with Crippen LogP contribution in [0, 0.1) is 11.8 Å². The van der Waals surface area contributed by atoms with Gasteiger partial charge in [-0.2, -0.15) is 0 Å². The fourth-order valence-electron chi connectivity index (χ4n) is 0.889. The van der Waals surface area contributed by atoms with E-state index in [0.29, 0.717) is 5.92 Å². The molecule has 0 rings (SSSR count). The summed E-state index contributed by atoms with van der Waals surface area (Å²) in [6.07, 6.45) is 11.0. The molecule has 0 heterocycles. The highest BCUT2D eigenvalue weighted by molar-refractivity contribution is 5.04. The van der Waals surface area contributed by atoms with Gasteiger partial charge in [0.25, 0.3) is 0 Å². The maximum Gasteiger partial charge on any atom is -0.00167 e. The monoisotopic (exact) mass is 181 g/mol. The molecule has 0 amide bonds. The van der Waals surface area contributed by atoms with Gasteiger partial charge >= 0.3 is 0 Å². The molecule has 0 aliphatic carbocycles. The van der Waals surface area contributed by atoms with Gasteiger partial charge in [-0.05, 0) is 24.8 Å². The average molecular weight is 181 g/mol. The molecule has 0 aliphatic heterocycles. The molecule has 0 saturated heterocycles. The van der Waals surface area contributed by atoms with Crippen LogP contribution in [0.5, 0.6) is 0 Å². The van der Waals surface area contributed by atoms with Crippen molar-refractivity contribution in [3.05, 3.63) is 24.3 Å². The Hall–Kier alpha value is -0.560. The minimum Gasteiger partial charge on any atom is -0.330 e. The van der Waals surface area contributed by atoms with Gasteiger partial charge in [0.1, 0.15) is 0 Å². The summed E-state index contributed by atoms with van der Waals surface area (Å²) < 4.78 is 0. The Morgan fingerprint density at radius 1 is 1.23 bits per heavy atom. The van der Waals surface area contributed by atoms with Crippen molar-refractivity contribution in [2.45, 2.75) is 33.6 Å². The van der Waals surface area contributed by atoms with Crippen LogP contribution in [0.2, 0.25) is 0 Å². The predicted octanol–water partition coefficient (Wildman–Crippen LogP) is 3.13. The molecule has 0 fully saturated rings. The molecule has 0 bridgehead atoms. The number of hydrogen-bond donors (Lipinski definition) is 1. The predicted molar refractivity (Wildman–Crippen MR) is 60.6 cm³/mol. The number of nitrogens with two attached hydrogens (primary N) is 1. The molecular formula is C12H23N. The van der Waals surface area contributed by atoms with Crippen molar-refractivity contribution >= 4 is 0 Å². The van der Waals surface area contributed by atoms with Gasteiger partial charge in [-0.1, -0.05) is 51.5 Å². The van der Waals surface area contributed by atoms with Crippen LogP contribution in [0.4, 0.5) is 0 Å². The van der Waals surface area contributed by atoms with Gasteiger partial charge in [0.15, 0.2) is 0 Å². The zero-order valence-corrected chi connectivity index (χ0v) is 9.16. The van der Waals surface area contributed by atoms with Gasteiger partial charge in [0.05, 0.1) is 0 Å². The van der Waals surface area contributed by atoms with E-state index in [1.54, 1.807) is 0 Å². The van der Waals surface area contributed by atoms with Crippen molar-refractivity contribution < 1.29 is 0 Å². The van der Waals surface area contributed by atoms with E-state index >= 15 is 0 Å². The Balaban J connectivity index is 3.56. The quantitative estimate of drug-likeness (QED) is 0.626. The average Bonchev–Trinajstić information content (AvgIpc) is 2.16. The highest BCUT2D eigenvalue weighted by Gasteiger charge is 1.92. The molecule has 0 aromatic heterocycles. The summed E-state index contributed by atoms with van der Waals surface area (Å²) in [5, 5.41) is 0. The van der Waals surface area contributed by atoms with Gasteiger partial charge in [-0.25, -0.2) is 0 Å². The van der Waals surface area contributed by atoms with Crippen LogP contribution in [0.15, 0.2) is 24.3 Å². The zero-order valence-electron chi connectivity index (χ0n) is 9.16. The Kier molecular flexibility index (Phi) is 7.71. The Morgan fingerprint density at radius 2 is 1.92 bits per heavy atom. The minimum atomic E-state index is 0.494. The molecule has 0 unspecified atom stereocenters. The Morgan fingerprint density at radius 3 is 2.46 bits per heavy atom. The highest BCUT2D eigenvalue weighted by Crippen LogP contribution is 2.06. The van der Waals surface area contributed by atoms with Crippen molar-refractivity contribution in [2.24, 2.45) is 17.6 Å². The van der Waals surface area contributed by atoms with Crippen LogP contribution < -0.4 is 5.73 Å². The topological polar surface area (TPSA) is 26.0 Å². The van der Waals surface area contributed by atoms with Crippen LogP contribution in [-0.2, 0) is 0 Å². The van der Waals surface area contributed by atoms with Crippen molar-refractivity contribution in [1.82, 2.24) is 0 Å². The lowest BCUT2D eigenvalue weighted by Crippen LogP contribution is -2.07. The standard InChI is InChI=1S/C12H23N/c1-4-11(2)8-6-5-7-9-12(3)10-13/h5-7,9,11-12H,4,8,10,13H2,1-3H3/b6-5-,9-7-/t11-,12+/m0/s1. The first kappa shape index (κ1) is 12.4. The number of hydrogen-bond acceptors (Lipinski definition) is 1. The van der Waals surface area contributed by atoms with Crippen molar-refractivity contribution in [3.8, 4) is 0 Å². The fourth-order valence-corrected chi connectivity index (χ4v) is 0.889. The molecule has 2 N–H and O–H groups in total. The third-order valence-electron chi connectivity index (χ3n) is 2.29. The molecule has 0 spiro atoms. The molecule has 1 heteroatoms. The first-order chi connectivity index (χ1) is 6.20. The van der Waals surface area contributed by atoms with Crippen LogP contribution in [0.25, 0.3) is 0 Å². The van der Waals surface area contributed by atoms with Gasteiger partial charge in [0.2, 0.25) is 0 Å². The zero-order chi connectivity index (χ0) is 10.1. The third-order valence-corrected chi connectivity index (χ3v) is 2.29. The van der Waals surface area contributed by atoms with E-state index in [4.69, 9.17) is 5.73 Å². The number of allylic oxidation sites excluding steroid dienone is 3. The molecule has 1 nitrogen and oxygen atoms in total. The second-order valence-electron chi connectivity index (χ2n) is 3.78. The first-order valence-electron chi connectivity index (χ1n) is 5.24. The normalized spacial score (nSPS) is 16.9. The summed E-state index contributed by atoms with van der Waals surface area (Å²) in [6, 6.07) is 0. The molecule has 2 atom stereocenters. The first-order valence-corrected chi connectivity index (χ1v) is 5.24. The summed E-state index contributed by atoms with van der Waals surface area (Å²) in [5.41, 5.74) is 5.48. The van der Waals surface area contributed by atoms with Crippen molar-refractivity contribution in [1.29, 1.82) is 0 Å². The van der Waals surface area contributed by atoms with Crippen LogP contribution in [0.1, 0.15) is 33.6 Å². The summed E-state index contributed by atoms with van der Waals surface area (Å²) in [5.74, 6) is 1.30. The van der Waals surface area contributed by atoms with Gasteiger partial charge in [-0.15, -0.1) is 0 Å². The van der Waals surface area contributed by atoms with Gasteiger partial charge in [0, 0.05) is 0 Å². The van der Waals surface area contributed by atoms with E-state index < -0.39 is 0 Å². The second-order valence-corrected chi connectivity index (χ2v) is 3.78. The van der Waals surface area contributed by atoms with Crippen LogP contribution in [-0.4, -0.2) is 6.54 Å². The fraction of sp³-hybridized carbons (Fsp3) is 0.667. The van der Waals surface area contributed by atoms with E-state index in [-0.39, 0.29) is 0 Å². The van der Waals surface area contributed by atoms with E-state index in [1.165, 1.54) is 12.8 Å². The molecule has 0 aromatic carbocycles. The lowest BCUT2D eigenvalue weighted by molar-refractivity contribution is 0.572.